The number of piperazine rings is 1. The fourth-order valence-electron chi connectivity index (χ4n) is 3.61. The summed E-state index contributed by atoms with van der Waals surface area (Å²) >= 11 is 0. The van der Waals surface area contributed by atoms with Gasteiger partial charge in [-0.3, -0.25) is 9.78 Å². The molecule has 6 nitrogen and oxygen atoms in total. The maximum atomic E-state index is 13.3. The standard InChI is InChI=1S/C21H27N3O3S/c1-14-12-15(2)18(5)20(17(14)4)28(26,27)24-10-8-23(9-11-24)21(25)19-7-6-16(3)22-13-19/h6-7,12-13H,8-11H2,1-5H3. The Morgan fingerprint density at radius 3 is 2.00 bits per heavy atom. The van der Waals surface area contributed by atoms with Crippen LogP contribution in [0, 0.1) is 34.6 Å². The van der Waals surface area contributed by atoms with E-state index in [0.717, 1.165) is 27.9 Å². The number of benzene rings is 1. The highest BCUT2D eigenvalue weighted by atomic mass is 32.2. The van der Waals surface area contributed by atoms with Gasteiger partial charge in [-0.05, 0) is 69.0 Å². The molecule has 1 aromatic carbocycles. The van der Waals surface area contributed by atoms with E-state index in [-0.39, 0.29) is 5.91 Å². The lowest BCUT2D eigenvalue weighted by Crippen LogP contribution is -2.50. The third-order valence-electron chi connectivity index (χ3n) is 5.58. The van der Waals surface area contributed by atoms with Crippen molar-refractivity contribution in [2.75, 3.05) is 26.2 Å². The van der Waals surface area contributed by atoms with Gasteiger partial charge in [-0.2, -0.15) is 4.31 Å². The molecule has 0 N–H and O–H groups in total. The molecule has 150 valence electrons. The fourth-order valence-corrected chi connectivity index (χ4v) is 5.60. The Morgan fingerprint density at radius 2 is 1.50 bits per heavy atom. The van der Waals surface area contributed by atoms with Gasteiger partial charge >= 0.3 is 0 Å². The van der Waals surface area contributed by atoms with Crippen molar-refractivity contribution >= 4 is 15.9 Å². The van der Waals surface area contributed by atoms with Crippen molar-refractivity contribution < 1.29 is 13.2 Å². The van der Waals surface area contributed by atoms with Crippen LogP contribution in [0.5, 0.6) is 0 Å². The number of amides is 1. The Morgan fingerprint density at radius 1 is 0.929 bits per heavy atom. The van der Waals surface area contributed by atoms with E-state index < -0.39 is 10.0 Å². The zero-order chi connectivity index (χ0) is 20.6. The van der Waals surface area contributed by atoms with Gasteiger partial charge in [-0.15, -0.1) is 0 Å². The maximum Gasteiger partial charge on any atom is 0.255 e. The topological polar surface area (TPSA) is 70.6 Å². The van der Waals surface area contributed by atoms with Gasteiger partial charge < -0.3 is 4.90 Å². The Balaban J connectivity index is 1.79. The predicted molar refractivity (Wildman–Crippen MR) is 109 cm³/mol. The van der Waals surface area contributed by atoms with E-state index in [4.69, 9.17) is 0 Å². The Labute approximate surface area is 167 Å². The number of carbonyl (C=O) groups excluding carboxylic acids is 1. The van der Waals surface area contributed by atoms with Gasteiger partial charge in [0.05, 0.1) is 10.5 Å². The van der Waals surface area contributed by atoms with Crippen LogP contribution >= 0.6 is 0 Å². The monoisotopic (exact) mass is 401 g/mol. The van der Waals surface area contributed by atoms with Crippen LogP contribution in [0.3, 0.4) is 0 Å². The molecule has 7 heteroatoms. The molecule has 1 aromatic heterocycles. The average molecular weight is 402 g/mol. The minimum absolute atomic E-state index is 0.108. The quantitative estimate of drug-likeness (QED) is 0.793. The Hall–Kier alpha value is -2.25. The lowest BCUT2D eigenvalue weighted by atomic mass is 10.0. The summed E-state index contributed by atoms with van der Waals surface area (Å²) in [7, 11) is -3.60. The zero-order valence-electron chi connectivity index (χ0n) is 17.1. The van der Waals surface area contributed by atoms with Gasteiger partial charge in [0, 0.05) is 38.1 Å². The molecule has 3 rings (SSSR count). The molecule has 1 saturated heterocycles. The Bertz CT molecular complexity index is 980. The van der Waals surface area contributed by atoms with Crippen LogP contribution in [0.15, 0.2) is 29.3 Å². The van der Waals surface area contributed by atoms with E-state index >= 15 is 0 Å². The number of nitrogens with zero attached hydrogens (tertiary/aromatic N) is 3. The van der Waals surface area contributed by atoms with Crippen LogP contribution in [0.1, 0.15) is 38.3 Å². The number of pyridine rings is 1. The minimum Gasteiger partial charge on any atom is -0.336 e. The minimum atomic E-state index is -3.60. The number of sulfonamides is 1. The molecule has 1 aliphatic rings. The number of carbonyl (C=O) groups is 1. The molecule has 2 heterocycles. The summed E-state index contributed by atoms with van der Waals surface area (Å²) in [5, 5.41) is 0. The molecule has 0 unspecified atom stereocenters. The molecule has 1 fully saturated rings. The molecule has 0 atom stereocenters. The molecule has 1 aliphatic heterocycles. The number of rotatable bonds is 3. The molecule has 0 aliphatic carbocycles. The number of aryl methyl sites for hydroxylation is 3. The van der Waals surface area contributed by atoms with Gasteiger partial charge in [-0.25, -0.2) is 8.42 Å². The van der Waals surface area contributed by atoms with Crippen LogP contribution < -0.4 is 0 Å². The lowest BCUT2D eigenvalue weighted by molar-refractivity contribution is 0.0697. The highest BCUT2D eigenvalue weighted by molar-refractivity contribution is 7.89. The number of aromatic nitrogens is 1. The van der Waals surface area contributed by atoms with Crippen molar-refractivity contribution in [1.82, 2.24) is 14.2 Å². The van der Waals surface area contributed by atoms with E-state index in [1.807, 2.05) is 40.7 Å². The normalized spacial score (nSPS) is 15.7. The van der Waals surface area contributed by atoms with Gasteiger partial charge in [0.15, 0.2) is 0 Å². The summed E-state index contributed by atoms with van der Waals surface area (Å²) in [5.41, 5.74) is 4.93. The van der Waals surface area contributed by atoms with Crippen LogP contribution in [0.2, 0.25) is 0 Å². The van der Waals surface area contributed by atoms with E-state index in [1.54, 1.807) is 23.2 Å². The highest BCUT2D eigenvalue weighted by Crippen LogP contribution is 2.29. The average Bonchev–Trinajstić information content (AvgIpc) is 2.66. The van der Waals surface area contributed by atoms with Gasteiger partial charge in [-0.1, -0.05) is 6.07 Å². The van der Waals surface area contributed by atoms with Crippen LogP contribution in [-0.4, -0.2) is 54.7 Å². The second-order valence-corrected chi connectivity index (χ2v) is 9.35. The molecule has 0 spiro atoms. The van der Waals surface area contributed by atoms with E-state index in [0.29, 0.717) is 36.6 Å². The maximum absolute atomic E-state index is 13.3. The van der Waals surface area contributed by atoms with Gasteiger partial charge in [0.1, 0.15) is 0 Å². The van der Waals surface area contributed by atoms with Crippen LogP contribution in [0.25, 0.3) is 0 Å². The first-order valence-corrected chi connectivity index (χ1v) is 10.9. The molecule has 0 radical (unpaired) electrons. The number of hydrogen-bond acceptors (Lipinski definition) is 4. The van der Waals surface area contributed by atoms with E-state index in [1.165, 1.54) is 4.31 Å². The first-order valence-electron chi connectivity index (χ1n) is 9.42. The summed E-state index contributed by atoms with van der Waals surface area (Å²) in [4.78, 5) is 18.9. The van der Waals surface area contributed by atoms with Gasteiger partial charge in [0.2, 0.25) is 10.0 Å². The van der Waals surface area contributed by atoms with E-state index in [2.05, 4.69) is 4.98 Å². The number of hydrogen-bond donors (Lipinski definition) is 0. The molecule has 0 saturated carbocycles. The summed E-state index contributed by atoms with van der Waals surface area (Å²) in [6.07, 6.45) is 1.57. The second kappa shape index (κ2) is 7.64. The SMILES string of the molecule is Cc1ccc(C(=O)N2CCN(S(=O)(=O)c3c(C)c(C)cc(C)c3C)CC2)cn1. The lowest BCUT2D eigenvalue weighted by Gasteiger charge is -2.34. The summed E-state index contributed by atoms with van der Waals surface area (Å²) < 4.78 is 28.2. The molecule has 2 aromatic rings. The third-order valence-corrected chi connectivity index (χ3v) is 7.75. The molecular weight excluding hydrogens is 374 g/mol. The molecular formula is C21H27N3O3S. The summed E-state index contributed by atoms with van der Waals surface area (Å²) in [5.74, 6) is -0.108. The fraction of sp³-hybridized carbons (Fsp3) is 0.429. The summed E-state index contributed by atoms with van der Waals surface area (Å²) in [6.45, 7) is 10.8. The molecule has 1 amide bonds. The van der Waals surface area contributed by atoms with Crippen molar-refractivity contribution in [1.29, 1.82) is 0 Å². The third kappa shape index (κ3) is 3.69. The largest absolute Gasteiger partial charge is 0.336 e. The van der Waals surface area contributed by atoms with Gasteiger partial charge in [0.25, 0.3) is 5.91 Å². The summed E-state index contributed by atoms with van der Waals surface area (Å²) in [6, 6.07) is 5.59. The first kappa shape index (κ1) is 20.5. The Kier molecular flexibility index (Phi) is 5.59. The molecule has 28 heavy (non-hydrogen) atoms. The highest BCUT2D eigenvalue weighted by Gasteiger charge is 2.33. The second-order valence-electron chi connectivity index (χ2n) is 7.47. The van der Waals surface area contributed by atoms with Crippen molar-refractivity contribution in [2.24, 2.45) is 0 Å². The van der Waals surface area contributed by atoms with Crippen molar-refractivity contribution in [3.8, 4) is 0 Å². The van der Waals surface area contributed by atoms with Crippen molar-refractivity contribution in [3.63, 3.8) is 0 Å². The van der Waals surface area contributed by atoms with Crippen molar-refractivity contribution in [2.45, 2.75) is 39.5 Å². The first-order chi connectivity index (χ1) is 13.1. The van der Waals surface area contributed by atoms with Crippen LogP contribution in [-0.2, 0) is 10.0 Å². The molecule has 0 bridgehead atoms. The van der Waals surface area contributed by atoms with Crippen LogP contribution in [0.4, 0.5) is 0 Å². The van der Waals surface area contributed by atoms with E-state index in [9.17, 15) is 13.2 Å². The predicted octanol–water partition coefficient (Wildman–Crippen LogP) is 2.77. The smallest absolute Gasteiger partial charge is 0.255 e. The van der Waals surface area contributed by atoms with Crippen molar-refractivity contribution in [3.05, 3.63) is 57.9 Å². The zero-order valence-corrected chi connectivity index (χ0v) is 17.9.